The van der Waals surface area contributed by atoms with Crippen molar-refractivity contribution in [1.29, 1.82) is 0 Å². The van der Waals surface area contributed by atoms with Gasteiger partial charge in [-0.25, -0.2) is 0 Å². The molecule has 3 aliphatic rings. The van der Waals surface area contributed by atoms with E-state index in [1.54, 1.807) is 0 Å². The van der Waals surface area contributed by atoms with Crippen LogP contribution in [0.15, 0.2) is 0 Å². The highest BCUT2D eigenvalue weighted by molar-refractivity contribution is 4.90. The van der Waals surface area contributed by atoms with E-state index in [0.717, 1.165) is 18.5 Å². The molecule has 1 unspecified atom stereocenters. The van der Waals surface area contributed by atoms with Gasteiger partial charge in [-0.15, -0.1) is 0 Å². The minimum absolute atomic E-state index is 0.691. The summed E-state index contributed by atoms with van der Waals surface area (Å²) in [7, 11) is 0. The molecule has 0 amide bonds. The van der Waals surface area contributed by atoms with Crippen molar-refractivity contribution >= 4 is 0 Å². The molecule has 3 fully saturated rings. The molecule has 0 radical (unpaired) electrons. The molecule has 19 heavy (non-hydrogen) atoms. The van der Waals surface area contributed by atoms with Gasteiger partial charge in [0.25, 0.3) is 0 Å². The average Bonchev–Trinajstić information content (AvgIpc) is 2.44. The first-order chi connectivity index (χ1) is 9.38. The zero-order valence-electron chi connectivity index (χ0n) is 12.4. The normalized spacial score (nSPS) is 30.2. The molecule has 2 heterocycles. The summed E-state index contributed by atoms with van der Waals surface area (Å²) in [5.41, 5.74) is 6.04. The summed E-state index contributed by atoms with van der Waals surface area (Å²) < 4.78 is 0. The van der Waals surface area contributed by atoms with Crippen LogP contribution in [-0.2, 0) is 0 Å². The van der Waals surface area contributed by atoms with Crippen molar-refractivity contribution in [2.45, 2.75) is 63.5 Å². The predicted octanol–water partition coefficient (Wildman–Crippen LogP) is 2.06. The van der Waals surface area contributed by atoms with Crippen LogP contribution >= 0.6 is 0 Å². The SMILES string of the molecule is NCC(C1CCC1)N1CCC(N2CCCCC2)CC1. The van der Waals surface area contributed by atoms with E-state index >= 15 is 0 Å². The highest BCUT2D eigenvalue weighted by atomic mass is 15.2. The molecule has 0 aromatic rings. The lowest BCUT2D eigenvalue weighted by Gasteiger charge is -2.46. The quantitative estimate of drug-likeness (QED) is 0.844. The summed E-state index contributed by atoms with van der Waals surface area (Å²) in [6, 6.07) is 1.56. The van der Waals surface area contributed by atoms with Gasteiger partial charge in [0.2, 0.25) is 0 Å². The Bertz CT molecular complexity index is 263. The average molecular weight is 265 g/mol. The van der Waals surface area contributed by atoms with Crippen molar-refractivity contribution in [2.75, 3.05) is 32.7 Å². The molecule has 1 aliphatic carbocycles. The molecule has 0 bridgehead atoms. The van der Waals surface area contributed by atoms with Crippen LogP contribution in [0.5, 0.6) is 0 Å². The van der Waals surface area contributed by atoms with Crippen LogP contribution in [0, 0.1) is 5.92 Å². The summed E-state index contributed by atoms with van der Waals surface area (Å²) >= 11 is 0. The van der Waals surface area contributed by atoms with E-state index in [4.69, 9.17) is 5.73 Å². The second-order valence-corrected chi connectivity index (χ2v) is 6.86. The smallest absolute Gasteiger partial charge is 0.0246 e. The highest BCUT2D eigenvalue weighted by Crippen LogP contribution is 2.33. The second kappa shape index (κ2) is 6.55. The molecule has 2 saturated heterocycles. The van der Waals surface area contributed by atoms with Crippen LogP contribution in [0.1, 0.15) is 51.4 Å². The van der Waals surface area contributed by atoms with Crippen molar-refractivity contribution in [1.82, 2.24) is 9.80 Å². The number of piperidine rings is 2. The molecule has 1 saturated carbocycles. The minimum Gasteiger partial charge on any atom is -0.329 e. The van der Waals surface area contributed by atoms with Crippen LogP contribution in [0.25, 0.3) is 0 Å². The largest absolute Gasteiger partial charge is 0.329 e. The third-order valence-electron chi connectivity index (χ3n) is 5.81. The Balaban J connectivity index is 1.47. The summed E-state index contributed by atoms with van der Waals surface area (Å²) in [4.78, 5) is 5.48. The van der Waals surface area contributed by atoms with Crippen LogP contribution < -0.4 is 5.73 Å². The van der Waals surface area contributed by atoms with Crippen molar-refractivity contribution in [3.8, 4) is 0 Å². The molecule has 110 valence electrons. The molecular weight excluding hydrogens is 234 g/mol. The summed E-state index contributed by atoms with van der Waals surface area (Å²) in [6.07, 6.45) is 11.3. The Kier molecular flexibility index (Phi) is 4.78. The predicted molar refractivity (Wildman–Crippen MR) is 80.2 cm³/mol. The van der Waals surface area contributed by atoms with Gasteiger partial charge in [0.05, 0.1) is 0 Å². The summed E-state index contributed by atoms with van der Waals surface area (Å²) in [5, 5.41) is 0. The van der Waals surface area contributed by atoms with Gasteiger partial charge >= 0.3 is 0 Å². The molecule has 3 nitrogen and oxygen atoms in total. The molecule has 3 rings (SSSR count). The van der Waals surface area contributed by atoms with Gasteiger partial charge in [-0.05, 0) is 70.6 Å². The first-order valence-corrected chi connectivity index (χ1v) is 8.56. The Hall–Kier alpha value is -0.120. The molecule has 1 atom stereocenters. The number of likely N-dealkylation sites (tertiary alicyclic amines) is 2. The van der Waals surface area contributed by atoms with Gasteiger partial charge in [-0.1, -0.05) is 12.8 Å². The van der Waals surface area contributed by atoms with E-state index in [9.17, 15) is 0 Å². The van der Waals surface area contributed by atoms with Crippen molar-refractivity contribution in [3.63, 3.8) is 0 Å². The lowest BCUT2D eigenvalue weighted by Crippen LogP contribution is -2.54. The number of hydrogen-bond acceptors (Lipinski definition) is 3. The maximum absolute atomic E-state index is 6.04. The molecule has 0 spiro atoms. The van der Waals surface area contributed by atoms with Crippen LogP contribution in [-0.4, -0.2) is 54.6 Å². The number of nitrogens with two attached hydrogens (primary N) is 1. The molecule has 0 aromatic heterocycles. The van der Waals surface area contributed by atoms with Crippen LogP contribution in [0.2, 0.25) is 0 Å². The Morgan fingerprint density at radius 1 is 0.842 bits per heavy atom. The van der Waals surface area contributed by atoms with E-state index in [0.29, 0.717) is 6.04 Å². The van der Waals surface area contributed by atoms with Gasteiger partial charge < -0.3 is 10.6 Å². The molecule has 2 aliphatic heterocycles. The first-order valence-electron chi connectivity index (χ1n) is 8.56. The lowest BCUT2D eigenvalue weighted by molar-refractivity contribution is 0.0409. The number of rotatable bonds is 4. The third kappa shape index (κ3) is 3.14. The van der Waals surface area contributed by atoms with Crippen LogP contribution in [0.4, 0.5) is 0 Å². The molecular formula is C16H31N3. The van der Waals surface area contributed by atoms with Crippen LogP contribution in [0.3, 0.4) is 0 Å². The van der Waals surface area contributed by atoms with Gasteiger partial charge in [0.1, 0.15) is 0 Å². The standard InChI is InChI=1S/C16H31N3/c17-13-16(14-5-4-6-14)19-11-7-15(8-12-19)18-9-2-1-3-10-18/h14-16H,1-13,17H2. The fraction of sp³-hybridized carbons (Fsp3) is 1.00. The van der Waals surface area contributed by atoms with Gasteiger partial charge in [-0.2, -0.15) is 0 Å². The van der Waals surface area contributed by atoms with Gasteiger partial charge in [-0.3, -0.25) is 4.90 Å². The minimum atomic E-state index is 0.691. The highest BCUT2D eigenvalue weighted by Gasteiger charge is 2.34. The Morgan fingerprint density at radius 3 is 2.05 bits per heavy atom. The summed E-state index contributed by atoms with van der Waals surface area (Å²) in [5.74, 6) is 0.913. The van der Waals surface area contributed by atoms with Crippen molar-refractivity contribution in [3.05, 3.63) is 0 Å². The van der Waals surface area contributed by atoms with Crippen molar-refractivity contribution in [2.24, 2.45) is 11.7 Å². The van der Waals surface area contributed by atoms with E-state index in [1.807, 2.05) is 0 Å². The zero-order chi connectivity index (χ0) is 13.1. The number of hydrogen-bond donors (Lipinski definition) is 1. The monoisotopic (exact) mass is 265 g/mol. The maximum Gasteiger partial charge on any atom is 0.0246 e. The second-order valence-electron chi connectivity index (χ2n) is 6.86. The molecule has 2 N–H and O–H groups in total. The number of nitrogens with zero attached hydrogens (tertiary/aromatic N) is 2. The van der Waals surface area contributed by atoms with E-state index in [1.165, 1.54) is 77.5 Å². The molecule has 3 heteroatoms. The van der Waals surface area contributed by atoms with Gasteiger partial charge in [0, 0.05) is 18.6 Å². The molecule has 0 aromatic carbocycles. The summed E-state index contributed by atoms with van der Waals surface area (Å²) in [6.45, 7) is 6.17. The lowest BCUT2D eigenvalue weighted by atomic mass is 9.78. The maximum atomic E-state index is 6.04. The Labute approximate surface area is 118 Å². The zero-order valence-corrected chi connectivity index (χ0v) is 12.4. The van der Waals surface area contributed by atoms with Gasteiger partial charge in [0.15, 0.2) is 0 Å². The van der Waals surface area contributed by atoms with E-state index < -0.39 is 0 Å². The third-order valence-corrected chi connectivity index (χ3v) is 5.81. The topological polar surface area (TPSA) is 32.5 Å². The van der Waals surface area contributed by atoms with Crippen molar-refractivity contribution < 1.29 is 0 Å². The fourth-order valence-corrected chi connectivity index (χ4v) is 4.33. The fourth-order valence-electron chi connectivity index (χ4n) is 4.33. The van der Waals surface area contributed by atoms with E-state index in [-0.39, 0.29) is 0 Å². The van der Waals surface area contributed by atoms with E-state index in [2.05, 4.69) is 9.80 Å². The Morgan fingerprint density at radius 2 is 1.53 bits per heavy atom. The first kappa shape index (κ1) is 13.8.